The van der Waals surface area contributed by atoms with Gasteiger partial charge in [0.1, 0.15) is 5.82 Å². The van der Waals surface area contributed by atoms with Crippen LogP contribution in [0, 0.1) is 12.7 Å². The molecule has 182 valence electrons. The predicted octanol–water partition coefficient (Wildman–Crippen LogP) is 2.87. The van der Waals surface area contributed by atoms with Gasteiger partial charge in [0.25, 0.3) is 5.91 Å². The van der Waals surface area contributed by atoms with Gasteiger partial charge >= 0.3 is 0 Å². The first-order valence-corrected chi connectivity index (χ1v) is 11.9. The van der Waals surface area contributed by atoms with Crippen LogP contribution in [0.4, 0.5) is 10.1 Å². The molecule has 0 bridgehead atoms. The van der Waals surface area contributed by atoms with Crippen LogP contribution < -0.4 is 5.32 Å². The number of carbonyl (C=O) groups is 2. The summed E-state index contributed by atoms with van der Waals surface area (Å²) in [6, 6.07) is 5.84. The first-order chi connectivity index (χ1) is 16.3. The van der Waals surface area contributed by atoms with Gasteiger partial charge in [0.15, 0.2) is 5.82 Å². The van der Waals surface area contributed by atoms with E-state index in [0.717, 1.165) is 38.8 Å². The summed E-state index contributed by atoms with van der Waals surface area (Å²) in [5, 5.41) is 2.74. The summed E-state index contributed by atoms with van der Waals surface area (Å²) < 4.78 is 13.1. The summed E-state index contributed by atoms with van der Waals surface area (Å²) in [7, 11) is 4.17. The number of likely N-dealkylation sites (N-methyl/N-ethyl adjacent to an activating group) is 1. The fraction of sp³-hybridized carbons (Fsp3) is 0.520. The third-order valence-corrected chi connectivity index (χ3v) is 6.91. The Bertz CT molecular complexity index is 1020. The molecule has 2 aromatic rings. The highest BCUT2D eigenvalue weighted by molar-refractivity contribution is 6.04. The topological polar surface area (TPSA) is 81.7 Å². The monoisotopic (exact) mass is 468 g/mol. The number of carbonyl (C=O) groups excluding carboxylic acids is 2. The van der Waals surface area contributed by atoms with E-state index in [1.54, 1.807) is 6.92 Å². The van der Waals surface area contributed by atoms with Crippen LogP contribution in [0.5, 0.6) is 0 Å². The van der Waals surface area contributed by atoms with Crippen molar-refractivity contribution in [1.29, 1.82) is 0 Å². The Hall–Kier alpha value is -2.91. The van der Waals surface area contributed by atoms with E-state index in [9.17, 15) is 14.0 Å². The highest BCUT2D eigenvalue weighted by Crippen LogP contribution is 2.30. The normalized spacial score (nSPS) is 19.6. The molecular formula is C25H33FN6O2. The van der Waals surface area contributed by atoms with Crippen molar-refractivity contribution in [2.24, 2.45) is 0 Å². The number of nitrogens with one attached hydrogen (secondary N) is 1. The van der Waals surface area contributed by atoms with Crippen molar-refractivity contribution in [1.82, 2.24) is 24.7 Å². The van der Waals surface area contributed by atoms with Crippen LogP contribution in [0.25, 0.3) is 0 Å². The summed E-state index contributed by atoms with van der Waals surface area (Å²) in [6.45, 7) is 4.97. The van der Waals surface area contributed by atoms with Gasteiger partial charge in [-0.1, -0.05) is 0 Å². The van der Waals surface area contributed by atoms with Crippen LogP contribution in [0.3, 0.4) is 0 Å². The van der Waals surface area contributed by atoms with Gasteiger partial charge in [0.2, 0.25) is 5.91 Å². The molecule has 9 heteroatoms. The smallest absolute Gasteiger partial charge is 0.259 e. The number of aryl methyl sites for hydroxylation is 1. The highest BCUT2D eigenvalue weighted by atomic mass is 19.1. The first kappa shape index (κ1) is 24.2. The molecule has 4 rings (SSSR count). The SMILES string of the molecule is Cc1nc(C2CCCN2C(=O)CN(C)C2CCN(C)CC2)ncc1C(=O)Nc1ccc(F)cc1. The first-order valence-electron chi connectivity index (χ1n) is 11.9. The molecule has 1 atom stereocenters. The van der Waals surface area contributed by atoms with Crippen molar-refractivity contribution >= 4 is 17.5 Å². The lowest BCUT2D eigenvalue weighted by Gasteiger charge is -2.35. The molecule has 34 heavy (non-hydrogen) atoms. The van der Waals surface area contributed by atoms with Gasteiger partial charge in [0.05, 0.1) is 23.8 Å². The van der Waals surface area contributed by atoms with Crippen molar-refractivity contribution in [3.8, 4) is 0 Å². The number of halogens is 1. The number of anilines is 1. The molecule has 0 spiro atoms. The van der Waals surface area contributed by atoms with Crippen molar-refractivity contribution in [2.45, 2.75) is 44.7 Å². The Labute approximate surface area is 200 Å². The second-order valence-corrected chi connectivity index (χ2v) is 9.38. The molecule has 2 aliphatic heterocycles. The van der Waals surface area contributed by atoms with E-state index < -0.39 is 0 Å². The van der Waals surface area contributed by atoms with E-state index in [2.05, 4.69) is 32.1 Å². The second kappa shape index (κ2) is 10.6. The summed E-state index contributed by atoms with van der Waals surface area (Å²) in [6.07, 6.45) is 5.39. The van der Waals surface area contributed by atoms with Crippen LogP contribution in [0.1, 0.15) is 53.6 Å². The van der Waals surface area contributed by atoms with Crippen LogP contribution in [0.2, 0.25) is 0 Å². The number of benzene rings is 1. The molecule has 2 fully saturated rings. The Morgan fingerprint density at radius 2 is 1.85 bits per heavy atom. The molecule has 2 aliphatic rings. The molecule has 0 saturated carbocycles. The molecule has 2 amide bonds. The predicted molar refractivity (Wildman–Crippen MR) is 128 cm³/mol. The zero-order valence-corrected chi connectivity index (χ0v) is 20.1. The van der Waals surface area contributed by atoms with Gasteiger partial charge in [-0.3, -0.25) is 14.5 Å². The molecular weight excluding hydrogens is 435 g/mol. The molecule has 8 nitrogen and oxygen atoms in total. The van der Waals surface area contributed by atoms with Gasteiger partial charge in [-0.15, -0.1) is 0 Å². The lowest BCUT2D eigenvalue weighted by molar-refractivity contribution is -0.133. The number of aromatic nitrogens is 2. The van der Waals surface area contributed by atoms with Crippen molar-refractivity contribution < 1.29 is 14.0 Å². The average molecular weight is 469 g/mol. The third-order valence-electron chi connectivity index (χ3n) is 6.91. The maximum absolute atomic E-state index is 13.2. The second-order valence-electron chi connectivity index (χ2n) is 9.38. The molecule has 1 aromatic carbocycles. The van der Waals surface area contributed by atoms with E-state index >= 15 is 0 Å². The lowest BCUT2D eigenvalue weighted by atomic mass is 10.0. The molecule has 2 saturated heterocycles. The van der Waals surface area contributed by atoms with Gasteiger partial charge < -0.3 is 15.1 Å². The van der Waals surface area contributed by atoms with Gasteiger partial charge in [-0.25, -0.2) is 14.4 Å². The number of rotatable bonds is 6. The molecule has 1 N–H and O–H groups in total. The number of nitrogens with zero attached hydrogens (tertiary/aromatic N) is 5. The lowest BCUT2D eigenvalue weighted by Crippen LogP contribution is -2.46. The Morgan fingerprint density at radius 1 is 1.15 bits per heavy atom. The van der Waals surface area contributed by atoms with Gasteiger partial charge in [-0.05, 0) is 84.1 Å². The van der Waals surface area contributed by atoms with Crippen molar-refractivity contribution in [3.63, 3.8) is 0 Å². The fourth-order valence-electron chi connectivity index (χ4n) is 4.80. The Balaban J connectivity index is 1.40. The molecule has 3 heterocycles. The van der Waals surface area contributed by atoms with Crippen LogP contribution in [-0.2, 0) is 4.79 Å². The molecule has 0 aliphatic carbocycles. The molecule has 1 aromatic heterocycles. The minimum absolute atomic E-state index is 0.100. The van der Waals surface area contributed by atoms with Crippen molar-refractivity contribution in [3.05, 3.63) is 53.4 Å². The molecule has 0 radical (unpaired) electrons. The van der Waals surface area contributed by atoms with Crippen molar-refractivity contribution in [2.75, 3.05) is 45.6 Å². The zero-order chi connectivity index (χ0) is 24.2. The maximum atomic E-state index is 13.2. The highest BCUT2D eigenvalue weighted by Gasteiger charge is 2.33. The van der Waals surface area contributed by atoms with Crippen LogP contribution in [-0.4, -0.2) is 82.8 Å². The summed E-state index contributed by atoms with van der Waals surface area (Å²) in [5.74, 6) is -0.0447. The summed E-state index contributed by atoms with van der Waals surface area (Å²) >= 11 is 0. The summed E-state index contributed by atoms with van der Waals surface area (Å²) in [4.78, 5) is 41.3. The Morgan fingerprint density at radius 3 is 2.53 bits per heavy atom. The van der Waals surface area contributed by atoms with E-state index in [0.29, 0.717) is 41.9 Å². The van der Waals surface area contributed by atoms with E-state index in [1.807, 2.05) is 11.9 Å². The fourth-order valence-corrected chi connectivity index (χ4v) is 4.80. The third kappa shape index (κ3) is 5.59. The van der Waals surface area contributed by atoms with Gasteiger partial charge in [0, 0.05) is 24.5 Å². The van der Waals surface area contributed by atoms with Crippen LogP contribution >= 0.6 is 0 Å². The molecule has 1 unspecified atom stereocenters. The number of hydrogen-bond acceptors (Lipinski definition) is 6. The summed E-state index contributed by atoms with van der Waals surface area (Å²) in [5.41, 5.74) is 1.40. The van der Waals surface area contributed by atoms with E-state index in [4.69, 9.17) is 0 Å². The van der Waals surface area contributed by atoms with E-state index in [-0.39, 0.29) is 23.7 Å². The maximum Gasteiger partial charge on any atom is 0.259 e. The Kier molecular flexibility index (Phi) is 7.53. The number of hydrogen-bond donors (Lipinski definition) is 1. The average Bonchev–Trinajstić information content (AvgIpc) is 3.31. The number of likely N-dealkylation sites (tertiary alicyclic amines) is 2. The van der Waals surface area contributed by atoms with Gasteiger partial charge in [-0.2, -0.15) is 0 Å². The quantitative estimate of drug-likeness (QED) is 0.702. The number of amides is 2. The minimum Gasteiger partial charge on any atom is -0.331 e. The number of piperidine rings is 1. The zero-order valence-electron chi connectivity index (χ0n) is 20.1. The van der Waals surface area contributed by atoms with E-state index in [1.165, 1.54) is 30.5 Å². The standard InChI is InChI=1S/C25H33FN6O2/c1-17-21(25(34)29-19-8-6-18(26)7-9-19)15-27-24(28-17)22-5-4-12-32(22)23(33)16-31(3)20-10-13-30(2)14-11-20/h6-9,15,20,22H,4-5,10-14,16H2,1-3H3,(H,29,34). The minimum atomic E-state index is -0.366. The largest absolute Gasteiger partial charge is 0.331 e. The van der Waals surface area contributed by atoms with Crippen LogP contribution in [0.15, 0.2) is 30.5 Å².